The molecule has 0 fully saturated rings. The van der Waals surface area contributed by atoms with E-state index in [2.05, 4.69) is 179 Å². The third kappa shape index (κ3) is 7.43. The van der Waals surface area contributed by atoms with E-state index in [9.17, 15) is 0 Å². The number of benzene rings is 4. The van der Waals surface area contributed by atoms with Crippen LogP contribution in [0.2, 0.25) is 0 Å². The maximum absolute atomic E-state index is 6.86. The van der Waals surface area contributed by atoms with Gasteiger partial charge in [0.05, 0.1) is 6.61 Å². The molecule has 0 unspecified atom stereocenters. The van der Waals surface area contributed by atoms with Crippen molar-refractivity contribution in [2.24, 2.45) is 0 Å². The minimum Gasteiger partial charge on any atom is -0.493 e. The van der Waals surface area contributed by atoms with Gasteiger partial charge >= 0.3 is 0 Å². The lowest BCUT2D eigenvalue weighted by Gasteiger charge is -2.19. The molecule has 4 nitrogen and oxygen atoms in total. The van der Waals surface area contributed by atoms with E-state index in [4.69, 9.17) is 9.47 Å². The third-order valence-electron chi connectivity index (χ3n) is 10.1. The maximum Gasteiger partial charge on any atom is 0.182 e. The summed E-state index contributed by atoms with van der Waals surface area (Å²) in [6.45, 7) is 4.91. The second kappa shape index (κ2) is 16.0. The summed E-state index contributed by atoms with van der Waals surface area (Å²) in [5.74, 6) is 1.71. The van der Waals surface area contributed by atoms with Crippen molar-refractivity contribution in [3.63, 3.8) is 0 Å². The molecule has 0 bridgehead atoms. The third-order valence-corrected chi connectivity index (χ3v) is 13.4. The second-order valence-corrected chi connectivity index (χ2v) is 16.4. The van der Waals surface area contributed by atoms with Gasteiger partial charge in [-0.2, -0.15) is 0 Å². The SMILES string of the molecule is CC[n+]1ccc(-c2cc[n+](CCOc3ccc4ccccc4c3-c3c(OCCc4cc(-c5cccs5)sc4-c4cccs4)ccc4ccccc34)cc2)cc1. The van der Waals surface area contributed by atoms with E-state index in [-0.39, 0.29) is 0 Å². The van der Waals surface area contributed by atoms with Gasteiger partial charge in [-0.05, 0) is 86.3 Å². The molecule has 0 radical (unpaired) electrons. The van der Waals surface area contributed by atoms with E-state index in [0.29, 0.717) is 13.2 Å². The highest BCUT2D eigenvalue weighted by atomic mass is 32.1. The van der Waals surface area contributed by atoms with E-state index < -0.39 is 0 Å². The number of thiophene rings is 3. The van der Waals surface area contributed by atoms with Gasteiger partial charge in [-0.3, -0.25) is 0 Å². The molecule has 0 amide bonds. The molecule has 4 aromatic carbocycles. The Balaban J connectivity index is 1.02. The molecule has 9 rings (SSSR count). The zero-order valence-electron chi connectivity index (χ0n) is 30.6. The van der Waals surface area contributed by atoms with Gasteiger partial charge in [-0.15, -0.1) is 34.0 Å². The van der Waals surface area contributed by atoms with Crippen molar-refractivity contribution in [3.05, 3.63) is 169 Å². The van der Waals surface area contributed by atoms with Crippen LogP contribution >= 0.6 is 34.0 Å². The summed E-state index contributed by atoms with van der Waals surface area (Å²) < 4.78 is 18.0. The van der Waals surface area contributed by atoms with Crippen molar-refractivity contribution in [1.82, 2.24) is 0 Å². The molecule has 7 heteroatoms. The van der Waals surface area contributed by atoms with Crippen molar-refractivity contribution in [1.29, 1.82) is 0 Å². The average molecular weight is 773 g/mol. The smallest absolute Gasteiger partial charge is 0.182 e. The molecular weight excluding hydrogens is 733 g/mol. The number of hydrogen-bond acceptors (Lipinski definition) is 5. The monoisotopic (exact) mass is 772 g/mol. The van der Waals surface area contributed by atoms with Gasteiger partial charge in [0.25, 0.3) is 0 Å². The Hall–Kier alpha value is -5.60. The molecule has 0 saturated carbocycles. The van der Waals surface area contributed by atoms with Crippen molar-refractivity contribution >= 4 is 55.6 Å². The van der Waals surface area contributed by atoms with Gasteiger partial charge in [0, 0.05) is 61.3 Å². The average Bonchev–Trinajstić information content (AvgIpc) is 4.05. The number of ether oxygens (including phenoxy) is 2. The normalized spacial score (nSPS) is 11.4. The predicted molar refractivity (Wildman–Crippen MR) is 230 cm³/mol. The summed E-state index contributed by atoms with van der Waals surface area (Å²) in [7, 11) is 0. The van der Waals surface area contributed by atoms with Gasteiger partial charge in [-0.25, -0.2) is 9.13 Å². The van der Waals surface area contributed by atoms with Crippen LogP contribution in [0.4, 0.5) is 0 Å². The number of hydrogen-bond donors (Lipinski definition) is 0. The number of nitrogens with zero attached hydrogens (tertiary/aromatic N) is 2. The van der Waals surface area contributed by atoms with Gasteiger partial charge in [-0.1, -0.05) is 72.8 Å². The van der Waals surface area contributed by atoms with Crippen LogP contribution in [0.5, 0.6) is 11.5 Å². The summed E-state index contributed by atoms with van der Waals surface area (Å²) in [6.07, 6.45) is 9.34. The predicted octanol–water partition coefficient (Wildman–Crippen LogP) is 12.1. The molecule has 5 heterocycles. The van der Waals surface area contributed by atoms with E-state index >= 15 is 0 Å². The van der Waals surface area contributed by atoms with E-state index in [1.54, 1.807) is 22.7 Å². The quantitative estimate of drug-likeness (QED) is 0.109. The maximum atomic E-state index is 6.86. The van der Waals surface area contributed by atoms with Crippen molar-refractivity contribution in [2.75, 3.05) is 13.2 Å². The summed E-state index contributed by atoms with van der Waals surface area (Å²) in [6, 6.07) is 45.5. The van der Waals surface area contributed by atoms with Crippen molar-refractivity contribution in [3.8, 4) is 53.3 Å². The van der Waals surface area contributed by atoms with E-state index in [1.165, 1.54) is 47.0 Å². The van der Waals surface area contributed by atoms with Crippen LogP contribution in [-0.4, -0.2) is 13.2 Å². The van der Waals surface area contributed by atoms with Gasteiger partial charge < -0.3 is 9.47 Å². The molecule has 0 spiro atoms. The van der Waals surface area contributed by atoms with Crippen LogP contribution in [0.15, 0.2) is 163 Å². The Morgan fingerprint density at radius 2 is 1.09 bits per heavy atom. The standard InChI is InChI=1S/C48H40N2O2S3/c1-2-49-24-19-34(20-25-49)35-21-26-50(27-22-35)28-30-52-42-18-16-37-10-4-6-12-40(37)47(42)46-39-11-5-3-9-36(39)15-17-41(46)51-29-23-38-33-45(43-13-7-31-53-43)55-48(38)44-14-8-32-54-44/h3-22,24-27,31-33H,2,23,28-30H2,1H3/q+2. The molecule has 55 heavy (non-hydrogen) atoms. The van der Waals surface area contributed by atoms with Crippen LogP contribution < -0.4 is 18.6 Å². The lowest BCUT2D eigenvalue weighted by atomic mass is 9.92. The summed E-state index contributed by atoms with van der Waals surface area (Å²) in [4.78, 5) is 5.26. The molecule has 270 valence electrons. The van der Waals surface area contributed by atoms with Crippen LogP contribution in [0.25, 0.3) is 63.3 Å². The summed E-state index contributed by atoms with van der Waals surface area (Å²) in [5.41, 5.74) is 5.87. The largest absolute Gasteiger partial charge is 0.493 e. The molecule has 0 aliphatic heterocycles. The Morgan fingerprint density at radius 3 is 1.67 bits per heavy atom. The van der Waals surface area contributed by atoms with Crippen LogP contribution in [-0.2, 0) is 19.5 Å². The number of aryl methyl sites for hydroxylation is 1. The molecule has 0 aliphatic carbocycles. The van der Waals surface area contributed by atoms with Gasteiger partial charge in [0.1, 0.15) is 24.7 Å². The van der Waals surface area contributed by atoms with Crippen LogP contribution in [0, 0.1) is 0 Å². The molecule has 9 aromatic rings. The van der Waals surface area contributed by atoms with Crippen LogP contribution in [0.3, 0.4) is 0 Å². The highest BCUT2D eigenvalue weighted by Gasteiger charge is 2.21. The minimum atomic E-state index is 0.522. The van der Waals surface area contributed by atoms with E-state index in [0.717, 1.165) is 52.9 Å². The first-order valence-corrected chi connectivity index (χ1v) is 21.3. The molecule has 0 saturated heterocycles. The Labute approximate surface area is 333 Å². The number of rotatable bonds is 13. The lowest BCUT2D eigenvalue weighted by molar-refractivity contribution is -0.697. The number of aromatic nitrogens is 2. The summed E-state index contributed by atoms with van der Waals surface area (Å²) >= 11 is 5.47. The molecular formula is C48H40N2O2S3+2. The first kappa shape index (κ1) is 35.1. The Kier molecular flexibility index (Phi) is 10.2. The van der Waals surface area contributed by atoms with Gasteiger partial charge in [0.2, 0.25) is 0 Å². The number of pyridine rings is 2. The molecule has 0 N–H and O–H groups in total. The first-order valence-electron chi connectivity index (χ1n) is 18.7. The zero-order valence-corrected chi connectivity index (χ0v) is 33.0. The van der Waals surface area contributed by atoms with Crippen molar-refractivity contribution < 1.29 is 18.6 Å². The Morgan fingerprint density at radius 1 is 0.527 bits per heavy atom. The first-order chi connectivity index (χ1) is 27.2. The Bertz CT molecular complexity index is 2680. The number of fused-ring (bicyclic) bond motifs is 2. The lowest BCUT2D eigenvalue weighted by Crippen LogP contribution is -2.35. The fraction of sp³-hybridized carbons (Fsp3) is 0.125. The fourth-order valence-electron chi connectivity index (χ4n) is 7.22. The second-order valence-electron chi connectivity index (χ2n) is 13.4. The highest BCUT2D eigenvalue weighted by molar-refractivity contribution is 7.26. The van der Waals surface area contributed by atoms with Crippen LogP contribution in [0.1, 0.15) is 12.5 Å². The molecule has 0 aliphatic rings. The highest BCUT2D eigenvalue weighted by Crippen LogP contribution is 2.46. The van der Waals surface area contributed by atoms with E-state index in [1.807, 2.05) is 11.3 Å². The molecule has 5 aromatic heterocycles. The molecule has 0 atom stereocenters. The van der Waals surface area contributed by atoms with Gasteiger partial charge in [0.15, 0.2) is 31.3 Å². The summed E-state index contributed by atoms with van der Waals surface area (Å²) in [5, 5.41) is 8.93. The fourth-order valence-corrected chi connectivity index (χ4v) is 10.1. The topological polar surface area (TPSA) is 26.2 Å². The minimum absolute atomic E-state index is 0.522. The zero-order chi connectivity index (χ0) is 37.0. The van der Waals surface area contributed by atoms with Crippen molar-refractivity contribution in [2.45, 2.75) is 26.4 Å².